The molecule has 2 aliphatic rings. The molecule has 6 heteroatoms. The zero-order valence-electron chi connectivity index (χ0n) is 13.9. The monoisotopic (exact) mass is 335 g/mol. The molecule has 3 rings (SSSR count). The lowest BCUT2D eigenvalue weighted by Crippen LogP contribution is -2.51. The van der Waals surface area contributed by atoms with Gasteiger partial charge in [0.25, 0.3) is 0 Å². The topological polar surface area (TPSA) is 37.0 Å². The molecule has 0 atom stereocenters. The molecule has 126 valence electrons. The quantitative estimate of drug-likeness (QED) is 0.828. The summed E-state index contributed by atoms with van der Waals surface area (Å²) in [4.78, 5) is 4.72. The normalized spacial score (nSPS) is 18.6. The van der Waals surface area contributed by atoms with Gasteiger partial charge in [0.2, 0.25) is 0 Å². The molecule has 1 aliphatic heterocycles. The number of hydrogen-bond acceptors (Lipinski definition) is 4. The Balaban J connectivity index is 1.54. The van der Waals surface area contributed by atoms with Gasteiger partial charge in [-0.2, -0.15) is 0 Å². The molecule has 1 aliphatic carbocycles. The summed E-state index contributed by atoms with van der Waals surface area (Å²) in [5.74, 6) is 1.79. The van der Waals surface area contributed by atoms with Crippen LogP contribution >= 0.6 is 12.2 Å². The van der Waals surface area contributed by atoms with E-state index in [9.17, 15) is 0 Å². The lowest BCUT2D eigenvalue weighted by molar-refractivity contribution is 0.173. The fourth-order valence-electron chi connectivity index (χ4n) is 2.85. The summed E-state index contributed by atoms with van der Waals surface area (Å²) in [7, 11) is 3.41. The van der Waals surface area contributed by atoms with Gasteiger partial charge in [0.1, 0.15) is 11.5 Å². The van der Waals surface area contributed by atoms with E-state index >= 15 is 0 Å². The second kappa shape index (κ2) is 7.36. The third-order valence-corrected chi connectivity index (χ3v) is 4.82. The summed E-state index contributed by atoms with van der Waals surface area (Å²) >= 11 is 5.49. The molecule has 1 saturated carbocycles. The first kappa shape index (κ1) is 16.3. The first-order valence-electron chi connectivity index (χ1n) is 8.18. The summed E-state index contributed by atoms with van der Waals surface area (Å²) < 4.78 is 10.8. The first-order valence-corrected chi connectivity index (χ1v) is 8.59. The van der Waals surface area contributed by atoms with Crippen molar-refractivity contribution in [3.8, 4) is 11.5 Å². The van der Waals surface area contributed by atoms with Gasteiger partial charge < -0.3 is 19.7 Å². The summed E-state index contributed by atoms with van der Waals surface area (Å²) in [6, 6.07) is 6.59. The number of ether oxygens (including phenoxy) is 2. The minimum absolute atomic E-state index is 0.626. The minimum atomic E-state index is 0.626. The number of thiocarbonyl (C=S) groups is 1. The Labute approximate surface area is 143 Å². The zero-order chi connectivity index (χ0) is 16.2. The van der Waals surface area contributed by atoms with Crippen LogP contribution in [0.3, 0.4) is 0 Å². The van der Waals surface area contributed by atoms with E-state index in [1.807, 2.05) is 12.1 Å². The van der Waals surface area contributed by atoms with Crippen LogP contribution in [-0.4, -0.2) is 61.4 Å². The Bertz CT molecular complexity index is 555. The third-order valence-electron chi connectivity index (χ3n) is 4.45. The van der Waals surface area contributed by atoms with Crippen molar-refractivity contribution in [2.45, 2.75) is 25.4 Å². The van der Waals surface area contributed by atoms with Crippen LogP contribution in [0.5, 0.6) is 11.5 Å². The SMILES string of the molecule is COc1ccc(OC)c(CN2CCN(C(=S)NC3CC3)CC2)c1. The number of nitrogens with one attached hydrogen (secondary N) is 1. The highest BCUT2D eigenvalue weighted by molar-refractivity contribution is 7.80. The van der Waals surface area contributed by atoms with E-state index in [2.05, 4.69) is 21.2 Å². The fraction of sp³-hybridized carbons (Fsp3) is 0.588. The van der Waals surface area contributed by atoms with Crippen LogP contribution in [0.1, 0.15) is 18.4 Å². The average Bonchev–Trinajstić information content (AvgIpc) is 3.39. The Morgan fingerprint density at radius 1 is 1.17 bits per heavy atom. The molecule has 1 aromatic carbocycles. The van der Waals surface area contributed by atoms with Gasteiger partial charge in [-0.05, 0) is 43.3 Å². The predicted molar refractivity (Wildman–Crippen MR) is 95.2 cm³/mol. The van der Waals surface area contributed by atoms with Crippen molar-refractivity contribution >= 4 is 17.3 Å². The maximum absolute atomic E-state index is 5.49. The summed E-state index contributed by atoms with van der Waals surface area (Å²) in [5, 5.41) is 4.35. The van der Waals surface area contributed by atoms with Gasteiger partial charge in [0.15, 0.2) is 5.11 Å². The second-order valence-electron chi connectivity index (χ2n) is 6.16. The molecule has 1 heterocycles. The van der Waals surface area contributed by atoms with E-state index in [-0.39, 0.29) is 0 Å². The number of hydrogen-bond donors (Lipinski definition) is 1. The summed E-state index contributed by atoms with van der Waals surface area (Å²) in [6.07, 6.45) is 2.52. The summed E-state index contributed by atoms with van der Waals surface area (Å²) in [5.41, 5.74) is 1.17. The van der Waals surface area contributed by atoms with Gasteiger partial charge in [-0.15, -0.1) is 0 Å². The van der Waals surface area contributed by atoms with Crippen LogP contribution in [-0.2, 0) is 6.54 Å². The van der Waals surface area contributed by atoms with E-state index in [1.165, 1.54) is 18.4 Å². The Morgan fingerprint density at radius 3 is 2.52 bits per heavy atom. The lowest BCUT2D eigenvalue weighted by Gasteiger charge is -2.36. The van der Waals surface area contributed by atoms with Crippen LogP contribution in [0.25, 0.3) is 0 Å². The number of piperazine rings is 1. The van der Waals surface area contributed by atoms with Gasteiger partial charge in [-0.1, -0.05) is 0 Å². The highest BCUT2D eigenvalue weighted by Gasteiger charge is 2.26. The van der Waals surface area contributed by atoms with Crippen LogP contribution in [0.4, 0.5) is 0 Å². The van der Waals surface area contributed by atoms with E-state index in [0.717, 1.165) is 49.3 Å². The van der Waals surface area contributed by atoms with Gasteiger partial charge >= 0.3 is 0 Å². The molecule has 23 heavy (non-hydrogen) atoms. The third kappa shape index (κ3) is 4.26. The van der Waals surface area contributed by atoms with Crippen LogP contribution in [0.2, 0.25) is 0 Å². The van der Waals surface area contributed by atoms with Gasteiger partial charge in [-0.3, -0.25) is 4.90 Å². The van der Waals surface area contributed by atoms with Crippen molar-refractivity contribution in [2.24, 2.45) is 0 Å². The molecule has 0 spiro atoms. The van der Waals surface area contributed by atoms with Crippen molar-refractivity contribution in [3.05, 3.63) is 23.8 Å². The molecule has 1 aromatic rings. The van der Waals surface area contributed by atoms with Crippen molar-refractivity contribution in [3.63, 3.8) is 0 Å². The van der Waals surface area contributed by atoms with Crippen LogP contribution in [0.15, 0.2) is 18.2 Å². The van der Waals surface area contributed by atoms with E-state index in [0.29, 0.717) is 6.04 Å². The highest BCUT2D eigenvalue weighted by Crippen LogP contribution is 2.25. The van der Waals surface area contributed by atoms with E-state index < -0.39 is 0 Å². The maximum Gasteiger partial charge on any atom is 0.169 e. The van der Waals surface area contributed by atoms with Crippen LogP contribution < -0.4 is 14.8 Å². The largest absolute Gasteiger partial charge is 0.497 e. The van der Waals surface area contributed by atoms with Crippen molar-refractivity contribution < 1.29 is 9.47 Å². The van der Waals surface area contributed by atoms with E-state index in [1.54, 1.807) is 14.2 Å². The molecule has 1 saturated heterocycles. The Kier molecular flexibility index (Phi) is 5.23. The molecule has 2 fully saturated rings. The zero-order valence-corrected chi connectivity index (χ0v) is 14.7. The van der Waals surface area contributed by atoms with Gasteiger partial charge in [0, 0.05) is 44.3 Å². The van der Waals surface area contributed by atoms with Crippen molar-refractivity contribution in [1.29, 1.82) is 0 Å². The highest BCUT2D eigenvalue weighted by atomic mass is 32.1. The number of benzene rings is 1. The Morgan fingerprint density at radius 2 is 1.91 bits per heavy atom. The average molecular weight is 335 g/mol. The maximum atomic E-state index is 5.49. The smallest absolute Gasteiger partial charge is 0.169 e. The molecule has 1 N–H and O–H groups in total. The molecule has 0 radical (unpaired) electrons. The molecule has 0 unspecified atom stereocenters. The number of rotatable bonds is 5. The molecule has 5 nitrogen and oxygen atoms in total. The lowest BCUT2D eigenvalue weighted by atomic mass is 10.1. The van der Waals surface area contributed by atoms with Crippen molar-refractivity contribution in [2.75, 3.05) is 40.4 Å². The number of methoxy groups -OCH3 is 2. The van der Waals surface area contributed by atoms with Gasteiger partial charge in [-0.25, -0.2) is 0 Å². The molecular weight excluding hydrogens is 310 g/mol. The second-order valence-corrected chi connectivity index (χ2v) is 6.55. The molecule has 0 bridgehead atoms. The van der Waals surface area contributed by atoms with Crippen LogP contribution in [0, 0.1) is 0 Å². The predicted octanol–water partition coefficient (Wildman–Crippen LogP) is 1.86. The molecule has 0 aromatic heterocycles. The first-order chi connectivity index (χ1) is 11.2. The van der Waals surface area contributed by atoms with Gasteiger partial charge in [0.05, 0.1) is 14.2 Å². The number of nitrogens with zero attached hydrogens (tertiary/aromatic N) is 2. The summed E-state index contributed by atoms with van der Waals surface area (Å²) in [6.45, 7) is 4.84. The Hall–Kier alpha value is -1.53. The molecule has 0 amide bonds. The molecular formula is C17H25N3O2S. The van der Waals surface area contributed by atoms with E-state index in [4.69, 9.17) is 21.7 Å². The fourth-order valence-corrected chi connectivity index (χ4v) is 3.20. The standard InChI is InChI=1S/C17H25N3O2S/c1-21-15-5-6-16(22-2)13(11-15)12-19-7-9-20(10-8-19)17(23)18-14-3-4-14/h5-6,11,14H,3-4,7-10,12H2,1-2H3,(H,18,23). The van der Waals surface area contributed by atoms with Crippen molar-refractivity contribution in [1.82, 2.24) is 15.1 Å². The minimum Gasteiger partial charge on any atom is -0.497 e.